The van der Waals surface area contributed by atoms with Gasteiger partial charge < -0.3 is 15.5 Å². The quantitative estimate of drug-likeness (QED) is 0.680. The third-order valence-corrected chi connectivity index (χ3v) is 3.40. The zero-order valence-electron chi connectivity index (χ0n) is 9.30. The van der Waals surface area contributed by atoms with Crippen molar-refractivity contribution in [3.63, 3.8) is 0 Å². The number of amides is 1. The van der Waals surface area contributed by atoms with Crippen LogP contribution < -0.4 is 10.6 Å². The smallest absolute Gasteiger partial charge is 0.223 e. The van der Waals surface area contributed by atoms with Crippen molar-refractivity contribution >= 4 is 5.91 Å². The lowest BCUT2D eigenvalue weighted by molar-refractivity contribution is -0.130. The van der Waals surface area contributed by atoms with Gasteiger partial charge in [0.05, 0.1) is 0 Å². The Labute approximate surface area is 91.4 Å². The van der Waals surface area contributed by atoms with Crippen molar-refractivity contribution < 1.29 is 4.79 Å². The molecule has 2 saturated heterocycles. The van der Waals surface area contributed by atoms with Crippen LogP contribution in [0.5, 0.6) is 0 Å². The number of carbonyl (C=O) groups is 1. The molecule has 1 unspecified atom stereocenters. The molecule has 0 bridgehead atoms. The van der Waals surface area contributed by atoms with Gasteiger partial charge >= 0.3 is 0 Å². The van der Waals surface area contributed by atoms with Crippen LogP contribution in [-0.4, -0.2) is 50.1 Å². The van der Waals surface area contributed by atoms with E-state index in [9.17, 15) is 4.79 Å². The Bertz CT molecular complexity index is 214. The lowest BCUT2D eigenvalue weighted by atomic mass is 10.0. The zero-order chi connectivity index (χ0) is 10.5. The molecule has 2 rings (SSSR count). The Kier molecular flexibility index (Phi) is 3.97. The molecular weight excluding hydrogens is 190 g/mol. The molecule has 2 fully saturated rings. The predicted octanol–water partition coefficient (Wildman–Crippen LogP) is -0.192. The normalized spacial score (nSPS) is 28.1. The second-order valence-electron chi connectivity index (χ2n) is 4.53. The standard InChI is InChI=1S/C11H21N3O/c15-11-2-5-12-6-8-14(11)7-3-10-1-4-13-9-10/h10,12-13H,1-9H2. The van der Waals surface area contributed by atoms with Crippen LogP contribution in [0.15, 0.2) is 0 Å². The van der Waals surface area contributed by atoms with Gasteiger partial charge in [0.15, 0.2) is 0 Å². The summed E-state index contributed by atoms with van der Waals surface area (Å²) in [6, 6.07) is 0. The van der Waals surface area contributed by atoms with E-state index < -0.39 is 0 Å². The minimum absolute atomic E-state index is 0.325. The third kappa shape index (κ3) is 3.18. The summed E-state index contributed by atoms with van der Waals surface area (Å²) in [7, 11) is 0. The molecule has 0 spiro atoms. The van der Waals surface area contributed by atoms with Crippen LogP contribution >= 0.6 is 0 Å². The third-order valence-electron chi connectivity index (χ3n) is 3.40. The Morgan fingerprint density at radius 3 is 3.00 bits per heavy atom. The minimum atomic E-state index is 0.325. The summed E-state index contributed by atoms with van der Waals surface area (Å²) in [6.07, 6.45) is 3.11. The van der Waals surface area contributed by atoms with E-state index in [0.29, 0.717) is 12.3 Å². The molecule has 0 aliphatic carbocycles. The van der Waals surface area contributed by atoms with Crippen molar-refractivity contribution in [3.05, 3.63) is 0 Å². The summed E-state index contributed by atoms with van der Waals surface area (Å²) in [6.45, 7) is 5.93. The van der Waals surface area contributed by atoms with E-state index in [-0.39, 0.29) is 0 Å². The van der Waals surface area contributed by atoms with Crippen molar-refractivity contribution in [3.8, 4) is 0 Å². The Morgan fingerprint density at radius 2 is 2.20 bits per heavy atom. The molecule has 0 radical (unpaired) electrons. The Hall–Kier alpha value is -0.610. The Balaban J connectivity index is 1.73. The van der Waals surface area contributed by atoms with Crippen LogP contribution in [0.4, 0.5) is 0 Å². The predicted molar refractivity (Wildman–Crippen MR) is 59.7 cm³/mol. The van der Waals surface area contributed by atoms with Crippen LogP contribution in [0.1, 0.15) is 19.3 Å². The Morgan fingerprint density at radius 1 is 1.27 bits per heavy atom. The molecule has 4 nitrogen and oxygen atoms in total. The molecule has 1 atom stereocenters. The first-order valence-corrected chi connectivity index (χ1v) is 6.05. The fourth-order valence-corrected chi connectivity index (χ4v) is 2.35. The van der Waals surface area contributed by atoms with E-state index in [1.54, 1.807) is 0 Å². The second-order valence-corrected chi connectivity index (χ2v) is 4.53. The first-order valence-electron chi connectivity index (χ1n) is 6.05. The molecule has 0 aromatic rings. The zero-order valence-corrected chi connectivity index (χ0v) is 9.30. The summed E-state index contributed by atoms with van der Waals surface area (Å²) < 4.78 is 0. The lowest BCUT2D eigenvalue weighted by Gasteiger charge is -2.21. The molecule has 86 valence electrons. The maximum absolute atomic E-state index is 11.7. The van der Waals surface area contributed by atoms with Crippen LogP contribution in [0.2, 0.25) is 0 Å². The minimum Gasteiger partial charge on any atom is -0.341 e. The molecule has 0 aromatic heterocycles. The van der Waals surface area contributed by atoms with E-state index in [1.807, 2.05) is 4.90 Å². The summed E-state index contributed by atoms with van der Waals surface area (Å²) in [5.41, 5.74) is 0. The monoisotopic (exact) mass is 211 g/mol. The van der Waals surface area contributed by atoms with Gasteiger partial charge in [-0.25, -0.2) is 0 Å². The molecule has 2 heterocycles. The highest BCUT2D eigenvalue weighted by atomic mass is 16.2. The van der Waals surface area contributed by atoms with Crippen LogP contribution in [0.3, 0.4) is 0 Å². The summed E-state index contributed by atoms with van der Waals surface area (Å²) in [5.74, 6) is 1.11. The van der Waals surface area contributed by atoms with Gasteiger partial charge in [-0.05, 0) is 31.8 Å². The van der Waals surface area contributed by atoms with Crippen molar-refractivity contribution in [2.75, 3.05) is 39.3 Å². The van der Waals surface area contributed by atoms with Crippen molar-refractivity contribution in [2.24, 2.45) is 5.92 Å². The molecular formula is C11H21N3O. The van der Waals surface area contributed by atoms with Gasteiger partial charge in [0.2, 0.25) is 5.91 Å². The molecule has 1 amide bonds. The number of hydrogen-bond donors (Lipinski definition) is 2. The number of nitrogens with one attached hydrogen (secondary N) is 2. The maximum atomic E-state index is 11.7. The largest absolute Gasteiger partial charge is 0.341 e. The van der Waals surface area contributed by atoms with Gasteiger partial charge in [-0.1, -0.05) is 0 Å². The van der Waals surface area contributed by atoms with Crippen molar-refractivity contribution in [1.29, 1.82) is 0 Å². The number of nitrogens with zero attached hydrogens (tertiary/aromatic N) is 1. The highest BCUT2D eigenvalue weighted by molar-refractivity contribution is 5.76. The van der Waals surface area contributed by atoms with Gasteiger partial charge in [0, 0.05) is 32.6 Å². The van der Waals surface area contributed by atoms with Gasteiger partial charge in [0.25, 0.3) is 0 Å². The first kappa shape index (κ1) is 10.9. The molecule has 15 heavy (non-hydrogen) atoms. The van der Waals surface area contributed by atoms with Crippen LogP contribution in [-0.2, 0) is 4.79 Å². The van der Waals surface area contributed by atoms with E-state index in [0.717, 1.165) is 45.2 Å². The topological polar surface area (TPSA) is 44.4 Å². The van der Waals surface area contributed by atoms with E-state index in [2.05, 4.69) is 10.6 Å². The number of rotatable bonds is 3. The van der Waals surface area contributed by atoms with Gasteiger partial charge in [-0.3, -0.25) is 4.79 Å². The van der Waals surface area contributed by atoms with Gasteiger partial charge in [0.1, 0.15) is 0 Å². The molecule has 0 aromatic carbocycles. The highest BCUT2D eigenvalue weighted by Crippen LogP contribution is 2.13. The maximum Gasteiger partial charge on any atom is 0.223 e. The number of hydrogen-bond acceptors (Lipinski definition) is 3. The van der Waals surface area contributed by atoms with Crippen molar-refractivity contribution in [2.45, 2.75) is 19.3 Å². The first-order chi connectivity index (χ1) is 7.36. The SMILES string of the molecule is O=C1CCNCCN1CCC1CCNC1. The summed E-state index contributed by atoms with van der Waals surface area (Å²) >= 11 is 0. The van der Waals surface area contributed by atoms with Crippen LogP contribution in [0.25, 0.3) is 0 Å². The molecule has 2 aliphatic rings. The molecule has 0 saturated carbocycles. The van der Waals surface area contributed by atoms with Crippen molar-refractivity contribution in [1.82, 2.24) is 15.5 Å². The molecule has 4 heteroatoms. The molecule has 2 aliphatic heterocycles. The summed E-state index contributed by atoms with van der Waals surface area (Å²) in [5, 5.41) is 6.63. The lowest BCUT2D eigenvalue weighted by Crippen LogP contribution is -2.34. The van der Waals surface area contributed by atoms with E-state index in [1.165, 1.54) is 12.8 Å². The average Bonchev–Trinajstić information content (AvgIpc) is 2.67. The fraction of sp³-hybridized carbons (Fsp3) is 0.909. The number of carbonyl (C=O) groups excluding carboxylic acids is 1. The van der Waals surface area contributed by atoms with E-state index >= 15 is 0 Å². The highest BCUT2D eigenvalue weighted by Gasteiger charge is 2.19. The fourth-order valence-electron chi connectivity index (χ4n) is 2.35. The van der Waals surface area contributed by atoms with Gasteiger partial charge in [-0.2, -0.15) is 0 Å². The second kappa shape index (κ2) is 5.47. The van der Waals surface area contributed by atoms with Gasteiger partial charge in [-0.15, -0.1) is 0 Å². The molecule has 2 N–H and O–H groups in total. The van der Waals surface area contributed by atoms with Crippen LogP contribution in [0, 0.1) is 5.92 Å². The summed E-state index contributed by atoms with van der Waals surface area (Å²) in [4.78, 5) is 13.7. The van der Waals surface area contributed by atoms with E-state index in [4.69, 9.17) is 0 Å². The average molecular weight is 211 g/mol.